The molecule has 0 saturated heterocycles. The van der Waals surface area contributed by atoms with E-state index in [0.717, 1.165) is 0 Å². The maximum atomic E-state index is 11.4. The Bertz CT molecular complexity index is 227. The molecular formula is C10H19NO4. The van der Waals surface area contributed by atoms with Gasteiger partial charge >= 0.3 is 12.1 Å². The first-order chi connectivity index (χ1) is 6.90. The van der Waals surface area contributed by atoms with Crippen LogP contribution in [0.4, 0.5) is 4.79 Å². The summed E-state index contributed by atoms with van der Waals surface area (Å²) in [6, 6.07) is -0.332. The van der Waals surface area contributed by atoms with E-state index in [-0.39, 0.29) is 18.4 Å². The van der Waals surface area contributed by atoms with Gasteiger partial charge in [0, 0.05) is 13.1 Å². The quantitative estimate of drug-likeness (QED) is 0.759. The number of hydrogen-bond acceptors (Lipinski definition) is 3. The third kappa shape index (κ3) is 4.67. The zero-order chi connectivity index (χ0) is 12.0. The largest absolute Gasteiger partial charge is 0.481 e. The minimum atomic E-state index is -0.912. The summed E-state index contributed by atoms with van der Waals surface area (Å²) in [4.78, 5) is 23.4. The van der Waals surface area contributed by atoms with E-state index in [1.807, 2.05) is 13.8 Å². The number of carbonyl (C=O) groups is 2. The van der Waals surface area contributed by atoms with Crippen LogP contribution in [0.15, 0.2) is 0 Å². The standard InChI is InChI=1S/C10H19NO4/c1-5-15-10(14)11(4)8(7(2)3)6-9(12)13/h7-8H,5-6H2,1-4H3,(H,12,13). The minimum Gasteiger partial charge on any atom is -0.481 e. The summed E-state index contributed by atoms with van der Waals surface area (Å²) in [5.74, 6) is -0.833. The fraction of sp³-hybridized carbons (Fsp3) is 0.800. The average molecular weight is 217 g/mol. The van der Waals surface area contributed by atoms with E-state index in [4.69, 9.17) is 9.84 Å². The van der Waals surface area contributed by atoms with E-state index in [2.05, 4.69) is 0 Å². The molecule has 0 aliphatic carbocycles. The predicted octanol–water partition coefficient (Wildman–Crippen LogP) is 1.57. The number of nitrogens with zero attached hydrogens (tertiary/aromatic N) is 1. The van der Waals surface area contributed by atoms with Gasteiger partial charge in [-0.15, -0.1) is 0 Å². The number of ether oxygens (including phenoxy) is 1. The van der Waals surface area contributed by atoms with Crippen molar-refractivity contribution in [2.75, 3.05) is 13.7 Å². The van der Waals surface area contributed by atoms with Crippen molar-refractivity contribution in [3.8, 4) is 0 Å². The zero-order valence-electron chi connectivity index (χ0n) is 9.69. The van der Waals surface area contributed by atoms with Crippen molar-refractivity contribution in [2.45, 2.75) is 33.2 Å². The molecule has 0 aromatic carbocycles. The first-order valence-electron chi connectivity index (χ1n) is 5.01. The molecule has 0 spiro atoms. The number of rotatable bonds is 5. The number of carboxylic acids is 1. The Morgan fingerprint density at radius 1 is 1.40 bits per heavy atom. The molecule has 0 aromatic rings. The van der Waals surface area contributed by atoms with Crippen LogP contribution < -0.4 is 0 Å². The van der Waals surface area contributed by atoms with Crippen LogP contribution in [-0.4, -0.2) is 41.8 Å². The highest BCUT2D eigenvalue weighted by Gasteiger charge is 2.25. The van der Waals surface area contributed by atoms with E-state index in [1.54, 1.807) is 14.0 Å². The Hall–Kier alpha value is -1.26. The van der Waals surface area contributed by atoms with E-state index in [9.17, 15) is 9.59 Å². The molecule has 0 radical (unpaired) electrons. The molecule has 88 valence electrons. The van der Waals surface area contributed by atoms with Crippen molar-refractivity contribution in [1.82, 2.24) is 4.90 Å². The Labute approximate surface area is 90.0 Å². The number of amides is 1. The maximum absolute atomic E-state index is 11.4. The van der Waals surface area contributed by atoms with Crippen molar-refractivity contribution >= 4 is 12.1 Å². The second-order valence-corrected chi connectivity index (χ2v) is 3.72. The highest BCUT2D eigenvalue weighted by atomic mass is 16.6. The molecule has 5 heteroatoms. The van der Waals surface area contributed by atoms with Crippen LogP contribution in [0.5, 0.6) is 0 Å². The fourth-order valence-corrected chi connectivity index (χ4v) is 1.36. The van der Waals surface area contributed by atoms with E-state index >= 15 is 0 Å². The van der Waals surface area contributed by atoms with Crippen molar-refractivity contribution < 1.29 is 19.4 Å². The van der Waals surface area contributed by atoms with Crippen molar-refractivity contribution in [3.05, 3.63) is 0 Å². The molecule has 0 fully saturated rings. The van der Waals surface area contributed by atoms with Gasteiger partial charge in [0.1, 0.15) is 0 Å². The molecule has 0 bridgehead atoms. The lowest BCUT2D eigenvalue weighted by atomic mass is 10.00. The number of carboxylic acid groups (broad SMARTS) is 1. The summed E-state index contributed by atoms with van der Waals surface area (Å²) < 4.78 is 4.81. The molecule has 1 N–H and O–H groups in total. The van der Waals surface area contributed by atoms with Gasteiger partial charge in [-0.3, -0.25) is 4.79 Å². The van der Waals surface area contributed by atoms with E-state index in [1.165, 1.54) is 4.90 Å². The van der Waals surface area contributed by atoms with Gasteiger partial charge in [-0.1, -0.05) is 13.8 Å². The Kier molecular flexibility index (Phi) is 5.74. The summed E-state index contributed by atoms with van der Waals surface area (Å²) in [5, 5.41) is 8.71. The van der Waals surface area contributed by atoms with Crippen molar-refractivity contribution in [1.29, 1.82) is 0 Å². The van der Waals surface area contributed by atoms with Gasteiger partial charge in [0.15, 0.2) is 0 Å². The monoisotopic (exact) mass is 217 g/mol. The van der Waals surface area contributed by atoms with Gasteiger partial charge < -0.3 is 14.7 Å². The molecule has 15 heavy (non-hydrogen) atoms. The predicted molar refractivity (Wildman–Crippen MR) is 55.7 cm³/mol. The summed E-state index contributed by atoms with van der Waals surface area (Å²) in [5.41, 5.74) is 0. The smallest absolute Gasteiger partial charge is 0.409 e. The van der Waals surface area contributed by atoms with Gasteiger partial charge in [0.05, 0.1) is 13.0 Å². The Balaban J connectivity index is 4.47. The second kappa shape index (κ2) is 6.27. The SMILES string of the molecule is CCOC(=O)N(C)C(CC(=O)O)C(C)C. The molecule has 0 aliphatic heterocycles. The van der Waals surface area contributed by atoms with Crippen LogP contribution >= 0.6 is 0 Å². The normalized spacial score (nSPS) is 12.3. The minimum absolute atomic E-state index is 0.0625. The summed E-state index contributed by atoms with van der Waals surface area (Å²) in [6.45, 7) is 5.76. The molecule has 0 aromatic heterocycles. The lowest BCUT2D eigenvalue weighted by Crippen LogP contribution is -2.42. The molecule has 0 heterocycles. The topological polar surface area (TPSA) is 66.8 Å². The Morgan fingerprint density at radius 2 is 1.93 bits per heavy atom. The lowest BCUT2D eigenvalue weighted by molar-refractivity contribution is -0.138. The first-order valence-corrected chi connectivity index (χ1v) is 5.01. The Morgan fingerprint density at radius 3 is 2.27 bits per heavy atom. The van der Waals surface area contributed by atoms with Gasteiger partial charge in [-0.25, -0.2) is 4.79 Å². The summed E-state index contributed by atoms with van der Waals surface area (Å²) >= 11 is 0. The second-order valence-electron chi connectivity index (χ2n) is 3.72. The van der Waals surface area contributed by atoms with Crippen molar-refractivity contribution in [2.24, 2.45) is 5.92 Å². The summed E-state index contributed by atoms with van der Waals surface area (Å²) in [6.07, 6.45) is -0.537. The molecule has 1 atom stereocenters. The van der Waals surface area contributed by atoms with Crippen molar-refractivity contribution in [3.63, 3.8) is 0 Å². The summed E-state index contributed by atoms with van der Waals surface area (Å²) in [7, 11) is 1.56. The van der Waals surface area contributed by atoms with Crippen LogP contribution in [-0.2, 0) is 9.53 Å². The molecule has 0 saturated carbocycles. The third-order valence-electron chi connectivity index (χ3n) is 2.21. The van der Waals surface area contributed by atoms with Gasteiger partial charge in [-0.2, -0.15) is 0 Å². The number of hydrogen-bond donors (Lipinski definition) is 1. The maximum Gasteiger partial charge on any atom is 0.409 e. The molecule has 1 amide bonds. The fourth-order valence-electron chi connectivity index (χ4n) is 1.36. The van der Waals surface area contributed by atoms with Gasteiger partial charge in [-0.05, 0) is 12.8 Å². The molecule has 5 nitrogen and oxygen atoms in total. The molecule has 0 aliphatic rings. The third-order valence-corrected chi connectivity index (χ3v) is 2.21. The number of aliphatic carboxylic acids is 1. The first kappa shape index (κ1) is 13.7. The van der Waals surface area contributed by atoms with Gasteiger partial charge in [0.2, 0.25) is 0 Å². The molecular weight excluding hydrogens is 198 g/mol. The highest BCUT2D eigenvalue weighted by molar-refractivity contribution is 5.71. The van der Waals surface area contributed by atoms with Crippen LogP contribution in [0, 0.1) is 5.92 Å². The van der Waals surface area contributed by atoms with Crippen LogP contribution in [0.2, 0.25) is 0 Å². The highest BCUT2D eigenvalue weighted by Crippen LogP contribution is 2.14. The molecule has 0 rings (SSSR count). The number of carbonyl (C=O) groups excluding carboxylic acids is 1. The van der Waals surface area contributed by atoms with E-state index in [0.29, 0.717) is 6.61 Å². The van der Waals surface area contributed by atoms with E-state index < -0.39 is 12.1 Å². The molecule has 1 unspecified atom stereocenters. The average Bonchev–Trinajstić information content (AvgIpc) is 2.12. The van der Waals surface area contributed by atoms with Gasteiger partial charge in [0.25, 0.3) is 0 Å². The lowest BCUT2D eigenvalue weighted by Gasteiger charge is -2.29. The van der Waals surface area contributed by atoms with Crippen LogP contribution in [0.25, 0.3) is 0 Å². The van der Waals surface area contributed by atoms with Crippen LogP contribution in [0.1, 0.15) is 27.2 Å². The zero-order valence-corrected chi connectivity index (χ0v) is 9.69. The van der Waals surface area contributed by atoms with Crippen LogP contribution in [0.3, 0.4) is 0 Å².